The van der Waals surface area contributed by atoms with E-state index < -0.39 is 0 Å². The maximum Gasteiger partial charge on any atom is 0.255 e. The van der Waals surface area contributed by atoms with Crippen molar-refractivity contribution in [2.75, 3.05) is 31.1 Å². The third-order valence-corrected chi connectivity index (χ3v) is 5.73. The fourth-order valence-corrected chi connectivity index (χ4v) is 3.86. The van der Waals surface area contributed by atoms with Crippen molar-refractivity contribution < 1.29 is 9.18 Å². The molecule has 0 spiro atoms. The molecular weight excluding hydrogens is 470 g/mol. The van der Waals surface area contributed by atoms with Crippen LogP contribution < -0.4 is 4.90 Å². The van der Waals surface area contributed by atoms with Crippen LogP contribution in [0.4, 0.5) is 10.2 Å². The van der Waals surface area contributed by atoms with Crippen LogP contribution in [0.15, 0.2) is 60.9 Å². The van der Waals surface area contributed by atoms with Gasteiger partial charge in [-0.05, 0) is 59.0 Å². The van der Waals surface area contributed by atoms with E-state index in [0.717, 1.165) is 26.2 Å². The van der Waals surface area contributed by atoms with E-state index in [4.69, 9.17) is 0 Å². The lowest BCUT2D eigenvalue weighted by molar-refractivity contribution is 0.0745. The van der Waals surface area contributed by atoms with Gasteiger partial charge in [0.15, 0.2) is 0 Å². The number of halogens is 2. The monoisotopic (exact) mass is 488 g/mol. The van der Waals surface area contributed by atoms with E-state index in [2.05, 4.69) is 37.5 Å². The third kappa shape index (κ3) is 3.99. The number of rotatable bonds is 3. The predicted octanol–water partition coefficient (Wildman–Crippen LogP) is 3.85. The van der Waals surface area contributed by atoms with Crippen LogP contribution in [0.1, 0.15) is 10.4 Å². The molecule has 28 heavy (non-hydrogen) atoms. The molecule has 0 aliphatic carbocycles. The van der Waals surface area contributed by atoms with Crippen molar-refractivity contribution in [3.63, 3.8) is 0 Å². The van der Waals surface area contributed by atoms with Crippen molar-refractivity contribution in [2.24, 2.45) is 0 Å². The van der Waals surface area contributed by atoms with Crippen LogP contribution >= 0.6 is 22.6 Å². The Morgan fingerprint density at radius 3 is 2.39 bits per heavy atom. The minimum Gasteiger partial charge on any atom is -0.353 e. The van der Waals surface area contributed by atoms with Gasteiger partial charge in [0.1, 0.15) is 18.0 Å². The van der Waals surface area contributed by atoms with Gasteiger partial charge < -0.3 is 9.80 Å². The Kier molecular flexibility index (Phi) is 5.52. The zero-order chi connectivity index (χ0) is 19.5. The maximum absolute atomic E-state index is 13.1. The van der Waals surface area contributed by atoms with Crippen molar-refractivity contribution >= 4 is 34.3 Å². The smallest absolute Gasteiger partial charge is 0.255 e. The number of carbonyl (C=O) groups excluding carboxylic acids is 1. The van der Waals surface area contributed by atoms with Crippen molar-refractivity contribution in [3.8, 4) is 11.3 Å². The second-order valence-corrected chi connectivity index (χ2v) is 7.69. The Morgan fingerprint density at radius 1 is 0.964 bits per heavy atom. The van der Waals surface area contributed by atoms with Crippen LogP contribution in [-0.2, 0) is 0 Å². The summed E-state index contributed by atoms with van der Waals surface area (Å²) in [6.07, 6.45) is 1.53. The van der Waals surface area contributed by atoms with E-state index >= 15 is 0 Å². The molecule has 142 valence electrons. The van der Waals surface area contributed by atoms with Gasteiger partial charge in [-0.3, -0.25) is 4.79 Å². The molecule has 3 aromatic rings. The quantitative estimate of drug-likeness (QED) is 0.526. The topological polar surface area (TPSA) is 49.3 Å². The first-order chi connectivity index (χ1) is 13.6. The molecule has 0 saturated carbocycles. The molecule has 1 aliphatic heterocycles. The Labute approximate surface area is 176 Å². The standard InChI is InChI=1S/C21H18FIN4O/c22-16-7-5-15(6-8-16)19-13-20(25-14-24-19)26-9-11-27(12-10-26)21(28)17-3-1-2-4-18(17)23/h1-8,13-14H,9-12H2. The van der Waals surface area contributed by atoms with Crippen molar-refractivity contribution in [3.05, 3.63) is 75.9 Å². The largest absolute Gasteiger partial charge is 0.353 e. The number of anilines is 1. The fraction of sp³-hybridized carbons (Fsp3) is 0.190. The van der Waals surface area contributed by atoms with Crippen LogP contribution in [0, 0.1) is 9.39 Å². The van der Waals surface area contributed by atoms with Gasteiger partial charge >= 0.3 is 0 Å². The molecule has 4 rings (SSSR count). The van der Waals surface area contributed by atoms with Gasteiger partial charge in [0, 0.05) is 41.4 Å². The van der Waals surface area contributed by atoms with E-state index in [1.54, 1.807) is 12.1 Å². The van der Waals surface area contributed by atoms with E-state index in [1.807, 2.05) is 35.2 Å². The number of benzene rings is 2. The molecule has 1 saturated heterocycles. The zero-order valence-electron chi connectivity index (χ0n) is 15.1. The summed E-state index contributed by atoms with van der Waals surface area (Å²) >= 11 is 2.20. The number of hydrogen-bond donors (Lipinski definition) is 0. The van der Waals surface area contributed by atoms with Gasteiger partial charge in [-0.15, -0.1) is 0 Å². The lowest BCUT2D eigenvalue weighted by Gasteiger charge is -2.35. The Morgan fingerprint density at radius 2 is 1.68 bits per heavy atom. The molecular formula is C21H18FIN4O. The van der Waals surface area contributed by atoms with Gasteiger partial charge in [-0.2, -0.15) is 0 Å². The average Bonchev–Trinajstić information content (AvgIpc) is 2.74. The fourth-order valence-electron chi connectivity index (χ4n) is 3.24. The highest BCUT2D eigenvalue weighted by Gasteiger charge is 2.24. The molecule has 7 heteroatoms. The highest BCUT2D eigenvalue weighted by molar-refractivity contribution is 14.1. The van der Waals surface area contributed by atoms with Crippen molar-refractivity contribution in [1.29, 1.82) is 0 Å². The van der Waals surface area contributed by atoms with Gasteiger partial charge in [-0.1, -0.05) is 12.1 Å². The Bertz CT molecular complexity index is 988. The molecule has 0 atom stereocenters. The first-order valence-electron chi connectivity index (χ1n) is 8.98. The summed E-state index contributed by atoms with van der Waals surface area (Å²) < 4.78 is 14.1. The third-order valence-electron chi connectivity index (χ3n) is 4.79. The highest BCUT2D eigenvalue weighted by Crippen LogP contribution is 2.22. The summed E-state index contributed by atoms with van der Waals surface area (Å²) in [6.45, 7) is 2.68. The van der Waals surface area contributed by atoms with Crippen LogP contribution in [0.3, 0.4) is 0 Å². The molecule has 0 N–H and O–H groups in total. The molecule has 0 radical (unpaired) electrons. The van der Waals surface area contributed by atoms with Crippen LogP contribution in [0.25, 0.3) is 11.3 Å². The molecule has 2 aromatic carbocycles. The molecule has 0 unspecified atom stereocenters. The maximum atomic E-state index is 13.1. The van der Waals surface area contributed by atoms with Crippen LogP contribution in [0.5, 0.6) is 0 Å². The lowest BCUT2D eigenvalue weighted by atomic mass is 10.1. The molecule has 5 nitrogen and oxygen atoms in total. The summed E-state index contributed by atoms with van der Waals surface area (Å²) in [5.74, 6) is 0.613. The molecule has 1 aromatic heterocycles. The summed E-state index contributed by atoms with van der Waals surface area (Å²) in [6, 6.07) is 15.8. The second kappa shape index (κ2) is 8.22. The molecule has 0 bridgehead atoms. The van der Waals surface area contributed by atoms with Gasteiger partial charge in [0.25, 0.3) is 5.91 Å². The Balaban J connectivity index is 1.45. The summed E-state index contributed by atoms with van der Waals surface area (Å²) in [4.78, 5) is 25.5. The molecule has 2 heterocycles. The first-order valence-corrected chi connectivity index (χ1v) is 10.1. The predicted molar refractivity (Wildman–Crippen MR) is 115 cm³/mol. The number of aromatic nitrogens is 2. The number of hydrogen-bond acceptors (Lipinski definition) is 4. The normalized spacial score (nSPS) is 14.2. The lowest BCUT2D eigenvalue weighted by Crippen LogP contribution is -2.49. The molecule has 1 fully saturated rings. The molecule has 1 aliphatic rings. The van der Waals surface area contributed by atoms with Gasteiger partial charge in [-0.25, -0.2) is 14.4 Å². The van der Waals surface area contributed by atoms with E-state index in [9.17, 15) is 9.18 Å². The van der Waals surface area contributed by atoms with E-state index in [0.29, 0.717) is 26.2 Å². The second-order valence-electron chi connectivity index (χ2n) is 6.53. The van der Waals surface area contributed by atoms with Crippen LogP contribution in [0.2, 0.25) is 0 Å². The minimum atomic E-state index is -0.271. The van der Waals surface area contributed by atoms with Crippen molar-refractivity contribution in [2.45, 2.75) is 0 Å². The minimum absolute atomic E-state index is 0.0688. The number of carbonyl (C=O) groups is 1. The number of nitrogens with zero attached hydrogens (tertiary/aromatic N) is 4. The number of amides is 1. The van der Waals surface area contributed by atoms with Crippen molar-refractivity contribution in [1.82, 2.24) is 14.9 Å². The zero-order valence-corrected chi connectivity index (χ0v) is 17.2. The van der Waals surface area contributed by atoms with Gasteiger partial charge in [0.05, 0.1) is 11.3 Å². The Hall–Kier alpha value is -2.55. The highest BCUT2D eigenvalue weighted by atomic mass is 127. The molecule has 1 amide bonds. The SMILES string of the molecule is O=C(c1ccccc1I)N1CCN(c2cc(-c3ccc(F)cc3)ncn2)CC1. The average molecular weight is 488 g/mol. The van der Waals surface area contributed by atoms with Crippen LogP contribution in [-0.4, -0.2) is 47.0 Å². The van der Waals surface area contributed by atoms with Gasteiger partial charge in [0.2, 0.25) is 0 Å². The first kappa shape index (κ1) is 18.8. The van der Waals surface area contributed by atoms with E-state index in [1.165, 1.54) is 18.5 Å². The summed E-state index contributed by atoms with van der Waals surface area (Å²) in [7, 11) is 0. The summed E-state index contributed by atoms with van der Waals surface area (Å²) in [5.41, 5.74) is 2.34. The number of piperazine rings is 1. The summed E-state index contributed by atoms with van der Waals surface area (Å²) in [5, 5.41) is 0. The van der Waals surface area contributed by atoms with E-state index in [-0.39, 0.29) is 11.7 Å².